The van der Waals surface area contributed by atoms with Gasteiger partial charge in [0.25, 0.3) is 0 Å². The molecule has 1 saturated heterocycles. The molecule has 2 aliphatic heterocycles. The van der Waals surface area contributed by atoms with Gasteiger partial charge in [0, 0.05) is 24.8 Å². The van der Waals surface area contributed by atoms with Crippen molar-refractivity contribution < 1.29 is 14.0 Å². The van der Waals surface area contributed by atoms with E-state index in [0.717, 1.165) is 36.2 Å². The number of benzene rings is 1. The number of nitrogens with zero attached hydrogens (tertiary/aromatic N) is 4. The molecule has 1 aromatic carbocycles. The van der Waals surface area contributed by atoms with Crippen molar-refractivity contribution in [3.63, 3.8) is 0 Å². The molecular formula is C26H35FN6O2. The summed E-state index contributed by atoms with van der Waals surface area (Å²) in [4.78, 5) is 39.5. The summed E-state index contributed by atoms with van der Waals surface area (Å²) in [5, 5.41) is 3.00. The van der Waals surface area contributed by atoms with Gasteiger partial charge in [-0.05, 0) is 63.8 Å². The van der Waals surface area contributed by atoms with E-state index in [-0.39, 0.29) is 23.7 Å². The number of aromatic nitrogens is 2. The summed E-state index contributed by atoms with van der Waals surface area (Å²) in [6, 6.07) is 6.53. The highest BCUT2D eigenvalue weighted by Gasteiger charge is 2.48. The lowest BCUT2D eigenvalue weighted by atomic mass is 9.76. The Hall–Kier alpha value is -3.07. The van der Waals surface area contributed by atoms with Crippen molar-refractivity contribution in [2.24, 2.45) is 17.6 Å². The second kappa shape index (κ2) is 9.53. The molecule has 1 aromatic heterocycles. The number of anilines is 2. The molecule has 0 spiro atoms. The van der Waals surface area contributed by atoms with Gasteiger partial charge in [-0.15, -0.1) is 0 Å². The van der Waals surface area contributed by atoms with Crippen LogP contribution in [0.4, 0.5) is 15.9 Å². The zero-order valence-corrected chi connectivity index (χ0v) is 21.1. The molecule has 1 fully saturated rings. The normalized spacial score (nSPS) is 20.1. The van der Waals surface area contributed by atoms with E-state index in [1.165, 1.54) is 6.07 Å². The first-order valence-corrected chi connectivity index (χ1v) is 12.3. The first-order valence-electron chi connectivity index (χ1n) is 12.3. The minimum absolute atomic E-state index is 0.104. The van der Waals surface area contributed by atoms with Gasteiger partial charge in [0.15, 0.2) is 0 Å². The second-order valence-corrected chi connectivity index (χ2v) is 10.1. The van der Waals surface area contributed by atoms with E-state index < -0.39 is 17.4 Å². The lowest BCUT2D eigenvalue weighted by Gasteiger charge is -2.39. The van der Waals surface area contributed by atoms with Gasteiger partial charge in [0.1, 0.15) is 23.0 Å². The number of hydrogen-bond donors (Lipinski definition) is 2. The highest BCUT2D eigenvalue weighted by Crippen LogP contribution is 2.39. The van der Waals surface area contributed by atoms with Gasteiger partial charge in [-0.1, -0.05) is 19.9 Å². The zero-order chi connectivity index (χ0) is 25.5. The summed E-state index contributed by atoms with van der Waals surface area (Å²) in [7, 11) is 1.66. The van der Waals surface area contributed by atoms with Crippen LogP contribution in [0.1, 0.15) is 56.7 Å². The predicted molar refractivity (Wildman–Crippen MR) is 133 cm³/mol. The van der Waals surface area contributed by atoms with Crippen molar-refractivity contribution in [2.75, 3.05) is 25.0 Å². The highest BCUT2D eigenvalue weighted by molar-refractivity contribution is 5.93. The fourth-order valence-electron chi connectivity index (χ4n) is 5.62. The van der Waals surface area contributed by atoms with Crippen LogP contribution in [0.25, 0.3) is 0 Å². The van der Waals surface area contributed by atoms with E-state index >= 15 is 0 Å². The zero-order valence-electron chi connectivity index (χ0n) is 21.1. The number of aryl methyl sites for hydroxylation is 1. The quantitative estimate of drug-likeness (QED) is 0.629. The summed E-state index contributed by atoms with van der Waals surface area (Å²) in [6.07, 6.45) is 2.42. The standard InChI is InChI=1S/C26H35FN6O2/c1-15(2)23(26(4,29-5)25(28)35)24(34)33-11-6-7-20(33)19-14-22(31-16(3)30-19)32-12-10-17-8-9-18(27)13-21(17)32/h8-9,13-15,20,23,29H,6-7,10-12H2,1-5H3,(H2,28,35)/t20-,23+,26?/m0/s1. The van der Waals surface area contributed by atoms with E-state index in [4.69, 9.17) is 10.7 Å². The van der Waals surface area contributed by atoms with Crippen molar-refractivity contribution >= 4 is 23.3 Å². The number of likely N-dealkylation sites (N-methyl/N-ethyl adjacent to an activating group) is 1. The number of carbonyl (C=O) groups is 2. The Morgan fingerprint density at radius 3 is 2.63 bits per heavy atom. The minimum Gasteiger partial charge on any atom is -0.368 e. The van der Waals surface area contributed by atoms with E-state index in [0.29, 0.717) is 24.7 Å². The molecule has 2 aromatic rings. The molecule has 188 valence electrons. The lowest BCUT2D eigenvalue weighted by molar-refractivity contribution is -0.145. The SMILES string of the molecule is CNC(C)(C(N)=O)[C@@H](C(=O)N1CCC[C@H]1c1cc(N2CCc3ccc(F)cc32)nc(C)n1)C(C)C. The molecule has 0 saturated carbocycles. The number of likely N-dealkylation sites (tertiary alicyclic amines) is 1. The molecule has 3 heterocycles. The van der Waals surface area contributed by atoms with Crippen LogP contribution in [0, 0.1) is 24.6 Å². The average molecular weight is 483 g/mol. The maximum Gasteiger partial charge on any atom is 0.238 e. The van der Waals surface area contributed by atoms with E-state index in [1.807, 2.05) is 42.7 Å². The molecule has 2 amide bonds. The van der Waals surface area contributed by atoms with Crippen LogP contribution in [0.5, 0.6) is 0 Å². The summed E-state index contributed by atoms with van der Waals surface area (Å²) in [6.45, 7) is 8.68. The van der Waals surface area contributed by atoms with Gasteiger partial charge in [-0.2, -0.15) is 0 Å². The highest BCUT2D eigenvalue weighted by atomic mass is 19.1. The fraction of sp³-hybridized carbons (Fsp3) is 0.538. The Kier molecular flexibility index (Phi) is 6.81. The average Bonchev–Trinajstić information content (AvgIpc) is 3.45. The Labute approximate surface area is 206 Å². The van der Waals surface area contributed by atoms with Gasteiger partial charge in [-0.3, -0.25) is 9.59 Å². The summed E-state index contributed by atoms with van der Waals surface area (Å²) >= 11 is 0. The monoisotopic (exact) mass is 482 g/mol. The molecule has 35 heavy (non-hydrogen) atoms. The molecule has 9 heteroatoms. The Morgan fingerprint density at radius 1 is 1.23 bits per heavy atom. The number of carbonyl (C=O) groups excluding carboxylic acids is 2. The molecule has 0 aliphatic carbocycles. The van der Waals surface area contributed by atoms with Crippen molar-refractivity contribution in [3.8, 4) is 0 Å². The molecule has 2 aliphatic rings. The number of hydrogen-bond acceptors (Lipinski definition) is 6. The number of nitrogens with one attached hydrogen (secondary N) is 1. The molecule has 3 atom stereocenters. The smallest absolute Gasteiger partial charge is 0.238 e. The van der Waals surface area contributed by atoms with Crippen LogP contribution in [0.15, 0.2) is 24.3 Å². The Morgan fingerprint density at radius 2 is 1.97 bits per heavy atom. The van der Waals surface area contributed by atoms with Crippen LogP contribution in [-0.4, -0.2) is 52.4 Å². The van der Waals surface area contributed by atoms with Crippen LogP contribution in [0.2, 0.25) is 0 Å². The van der Waals surface area contributed by atoms with Crippen molar-refractivity contribution in [3.05, 3.63) is 47.2 Å². The van der Waals surface area contributed by atoms with Gasteiger partial charge in [-0.25, -0.2) is 14.4 Å². The largest absolute Gasteiger partial charge is 0.368 e. The molecule has 1 unspecified atom stereocenters. The summed E-state index contributed by atoms with van der Waals surface area (Å²) in [5.74, 6) is -0.370. The van der Waals surface area contributed by atoms with Crippen LogP contribution in [-0.2, 0) is 16.0 Å². The molecule has 8 nitrogen and oxygen atoms in total. The number of halogens is 1. The van der Waals surface area contributed by atoms with Crippen molar-refractivity contribution in [1.29, 1.82) is 0 Å². The summed E-state index contributed by atoms with van der Waals surface area (Å²) in [5.41, 5.74) is 7.23. The number of rotatable bonds is 7. The van der Waals surface area contributed by atoms with Gasteiger partial charge < -0.3 is 20.9 Å². The second-order valence-electron chi connectivity index (χ2n) is 10.1. The number of nitrogens with two attached hydrogens (primary N) is 1. The lowest BCUT2D eigenvalue weighted by Crippen LogP contribution is -2.62. The molecule has 3 N–H and O–H groups in total. The molecular weight excluding hydrogens is 447 g/mol. The van der Waals surface area contributed by atoms with Gasteiger partial charge in [0.05, 0.1) is 17.7 Å². The summed E-state index contributed by atoms with van der Waals surface area (Å²) < 4.78 is 14.0. The predicted octanol–water partition coefficient (Wildman–Crippen LogP) is 3.02. The van der Waals surface area contributed by atoms with E-state index in [9.17, 15) is 14.0 Å². The first kappa shape index (κ1) is 25.0. The maximum atomic E-state index is 14.0. The fourth-order valence-corrected chi connectivity index (χ4v) is 5.62. The molecule has 4 rings (SSSR count). The number of fused-ring (bicyclic) bond motifs is 1. The number of amides is 2. The Balaban J connectivity index is 1.68. The van der Waals surface area contributed by atoms with E-state index in [1.54, 1.807) is 20.0 Å². The van der Waals surface area contributed by atoms with E-state index in [2.05, 4.69) is 10.3 Å². The van der Waals surface area contributed by atoms with Crippen LogP contribution in [0.3, 0.4) is 0 Å². The molecule has 0 radical (unpaired) electrons. The molecule has 0 bridgehead atoms. The van der Waals surface area contributed by atoms with Crippen molar-refractivity contribution in [2.45, 2.75) is 58.5 Å². The third kappa shape index (κ3) is 4.49. The van der Waals surface area contributed by atoms with Crippen LogP contribution >= 0.6 is 0 Å². The number of primary amides is 1. The van der Waals surface area contributed by atoms with Crippen molar-refractivity contribution in [1.82, 2.24) is 20.2 Å². The maximum absolute atomic E-state index is 14.0. The third-order valence-electron chi connectivity index (χ3n) is 7.53. The topological polar surface area (TPSA) is 104 Å². The minimum atomic E-state index is -1.17. The first-order chi connectivity index (χ1) is 16.6. The third-order valence-corrected chi connectivity index (χ3v) is 7.53. The Bertz CT molecular complexity index is 1140. The van der Waals surface area contributed by atoms with Gasteiger partial charge in [0.2, 0.25) is 11.8 Å². The van der Waals surface area contributed by atoms with Crippen LogP contribution < -0.4 is 16.0 Å². The van der Waals surface area contributed by atoms with Gasteiger partial charge >= 0.3 is 0 Å².